The van der Waals surface area contributed by atoms with Crippen LogP contribution in [0.2, 0.25) is 0 Å². The average Bonchev–Trinajstić information content (AvgIpc) is 3.12. The van der Waals surface area contributed by atoms with Crippen LogP contribution in [-0.2, 0) is 4.79 Å². The second-order valence-corrected chi connectivity index (χ2v) is 9.87. The number of anilines is 2. The molecule has 6 nitrogen and oxygen atoms in total. The molecule has 0 saturated heterocycles. The lowest BCUT2D eigenvalue weighted by molar-refractivity contribution is -0.121. The Hall–Kier alpha value is -2.11. The molecule has 1 unspecified atom stereocenters. The minimum atomic E-state index is -0.707. The van der Waals surface area contributed by atoms with Gasteiger partial charge in [0.2, 0.25) is 11.0 Å². The Morgan fingerprint density at radius 1 is 1.25 bits per heavy atom. The molecule has 2 aromatic rings. The van der Waals surface area contributed by atoms with E-state index in [2.05, 4.69) is 52.9 Å². The summed E-state index contributed by atoms with van der Waals surface area (Å²) in [5, 5.41) is 24.5. The largest absolute Gasteiger partial charge is 0.337 e. The third kappa shape index (κ3) is 5.03. The summed E-state index contributed by atoms with van der Waals surface area (Å²) in [6.07, 6.45) is 4.56. The van der Waals surface area contributed by atoms with Gasteiger partial charge >= 0.3 is 0 Å². The van der Waals surface area contributed by atoms with E-state index in [0.717, 1.165) is 42.1 Å². The van der Waals surface area contributed by atoms with Crippen molar-refractivity contribution in [1.82, 2.24) is 15.5 Å². The van der Waals surface area contributed by atoms with Gasteiger partial charge in [0.15, 0.2) is 4.34 Å². The van der Waals surface area contributed by atoms with E-state index >= 15 is 0 Å². The lowest BCUT2D eigenvalue weighted by atomic mass is 9.83. The summed E-state index contributed by atoms with van der Waals surface area (Å²) < 4.78 is 0.726. The van der Waals surface area contributed by atoms with E-state index in [1.807, 2.05) is 13.0 Å². The lowest BCUT2D eigenvalue weighted by Crippen LogP contribution is -2.50. The van der Waals surface area contributed by atoms with Crippen molar-refractivity contribution in [2.75, 3.05) is 5.32 Å². The maximum absolute atomic E-state index is 12.6. The van der Waals surface area contributed by atoms with Crippen LogP contribution in [0.25, 0.3) is 0 Å². The molecule has 1 saturated carbocycles. The highest BCUT2D eigenvalue weighted by Gasteiger charge is 2.35. The van der Waals surface area contributed by atoms with Crippen molar-refractivity contribution in [2.24, 2.45) is 0 Å². The van der Waals surface area contributed by atoms with Gasteiger partial charge in [-0.2, -0.15) is 5.26 Å². The molecule has 1 aromatic heterocycles. The van der Waals surface area contributed by atoms with E-state index in [1.54, 1.807) is 0 Å². The number of carbonyl (C=O) groups excluding carboxylic acids is 1. The summed E-state index contributed by atoms with van der Waals surface area (Å²) in [6.45, 7) is 5.99. The Balaban J connectivity index is 1.58. The topological polar surface area (TPSA) is 90.7 Å². The van der Waals surface area contributed by atoms with E-state index in [0.29, 0.717) is 5.13 Å². The molecule has 0 aliphatic heterocycles. The molecule has 1 atom stereocenters. The predicted molar refractivity (Wildman–Crippen MR) is 114 cm³/mol. The minimum absolute atomic E-state index is 0.118. The van der Waals surface area contributed by atoms with Gasteiger partial charge in [0, 0.05) is 5.69 Å². The van der Waals surface area contributed by atoms with Crippen molar-refractivity contribution in [2.45, 2.75) is 68.0 Å². The molecule has 1 aliphatic carbocycles. The predicted octanol–water partition coefficient (Wildman–Crippen LogP) is 4.72. The van der Waals surface area contributed by atoms with E-state index < -0.39 is 5.54 Å². The van der Waals surface area contributed by atoms with Crippen LogP contribution < -0.4 is 10.6 Å². The highest BCUT2D eigenvalue weighted by atomic mass is 32.2. The molecular formula is C20H25N5OS2. The van der Waals surface area contributed by atoms with Crippen molar-refractivity contribution in [1.29, 1.82) is 5.26 Å². The second-order valence-electron chi connectivity index (χ2n) is 7.30. The van der Waals surface area contributed by atoms with Gasteiger partial charge < -0.3 is 10.6 Å². The van der Waals surface area contributed by atoms with Gasteiger partial charge in [0.05, 0.1) is 11.3 Å². The van der Waals surface area contributed by atoms with Crippen molar-refractivity contribution in [3.8, 4) is 6.07 Å². The molecule has 0 spiro atoms. The number of amides is 1. The maximum atomic E-state index is 12.6. The molecule has 148 valence electrons. The van der Waals surface area contributed by atoms with Crippen LogP contribution >= 0.6 is 23.1 Å². The van der Waals surface area contributed by atoms with Crippen molar-refractivity contribution in [3.05, 3.63) is 29.3 Å². The number of benzene rings is 1. The summed E-state index contributed by atoms with van der Waals surface area (Å²) in [6, 6.07) is 8.48. The fourth-order valence-corrected chi connectivity index (χ4v) is 5.13. The number of aromatic nitrogens is 2. The fourth-order valence-electron chi connectivity index (χ4n) is 3.21. The Morgan fingerprint density at radius 2 is 2.00 bits per heavy atom. The maximum Gasteiger partial charge on any atom is 0.234 e. The molecular weight excluding hydrogens is 390 g/mol. The molecule has 3 rings (SSSR count). The number of thioether (sulfide) groups is 1. The Bertz CT molecular complexity index is 883. The average molecular weight is 416 g/mol. The highest BCUT2D eigenvalue weighted by Crippen LogP contribution is 2.32. The number of hydrogen-bond acceptors (Lipinski definition) is 7. The zero-order valence-corrected chi connectivity index (χ0v) is 18.0. The molecule has 8 heteroatoms. The van der Waals surface area contributed by atoms with Crippen LogP contribution in [0.1, 0.15) is 50.2 Å². The van der Waals surface area contributed by atoms with Gasteiger partial charge in [0.1, 0.15) is 5.54 Å². The first-order chi connectivity index (χ1) is 13.4. The van der Waals surface area contributed by atoms with Crippen LogP contribution in [0.15, 0.2) is 22.5 Å². The van der Waals surface area contributed by atoms with Gasteiger partial charge in [-0.05, 0) is 56.9 Å². The number of nitrogens with zero attached hydrogens (tertiary/aromatic N) is 3. The second kappa shape index (κ2) is 8.93. The fraction of sp³-hybridized carbons (Fsp3) is 0.500. The number of aryl methyl sites for hydroxylation is 2. The first-order valence-electron chi connectivity index (χ1n) is 9.48. The standard InChI is InChI=1S/C20H25N5OS2/c1-13-7-8-16(11-14(13)2)22-18-24-25-19(28-18)27-15(3)17(26)23-20(12-21)9-5-4-6-10-20/h7-8,11,15H,4-6,9-10H2,1-3H3,(H,22,24)(H,23,26). The zero-order chi connectivity index (χ0) is 20.1. The highest BCUT2D eigenvalue weighted by molar-refractivity contribution is 8.02. The first kappa shape index (κ1) is 20.6. The summed E-state index contributed by atoms with van der Waals surface area (Å²) in [4.78, 5) is 12.6. The molecule has 0 radical (unpaired) electrons. The van der Waals surface area contributed by atoms with Crippen LogP contribution in [0.4, 0.5) is 10.8 Å². The molecule has 1 aliphatic rings. The first-order valence-corrected chi connectivity index (χ1v) is 11.2. The minimum Gasteiger partial charge on any atom is -0.337 e. The molecule has 2 N–H and O–H groups in total. The van der Waals surface area contributed by atoms with Gasteiger partial charge in [-0.3, -0.25) is 4.79 Å². The van der Waals surface area contributed by atoms with Crippen LogP contribution in [0.3, 0.4) is 0 Å². The van der Waals surface area contributed by atoms with E-state index in [9.17, 15) is 10.1 Å². The summed E-state index contributed by atoms with van der Waals surface area (Å²) in [5.74, 6) is -0.118. The molecule has 1 fully saturated rings. The van der Waals surface area contributed by atoms with Crippen LogP contribution in [0.5, 0.6) is 0 Å². The molecule has 0 bridgehead atoms. The lowest BCUT2D eigenvalue weighted by Gasteiger charge is -2.32. The van der Waals surface area contributed by atoms with Crippen LogP contribution in [-0.4, -0.2) is 26.9 Å². The smallest absolute Gasteiger partial charge is 0.234 e. The Morgan fingerprint density at radius 3 is 2.68 bits per heavy atom. The monoisotopic (exact) mass is 415 g/mol. The summed E-state index contributed by atoms with van der Waals surface area (Å²) in [5.41, 5.74) is 2.71. The molecule has 28 heavy (non-hydrogen) atoms. The van der Waals surface area contributed by atoms with Gasteiger partial charge in [-0.1, -0.05) is 48.4 Å². The van der Waals surface area contributed by atoms with Crippen molar-refractivity contribution >= 4 is 39.8 Å². The molecule has 1 heterocycles. The van der Waals surface area contributed by atoms with E-state index in [1.165, 1.54) is 34.2 Å². The zero-order valence-electron chi connectivity index (χ0n) is 16.4. The van der Waals surface area contributed by atoms with Gasteiger partial charge in [-0.25, -0.2) is 0 Å². The van der Waals surface area contributed by atoms with Crippen molar-refractivity contribution < 1.29 is 4.79 Å². The number of carbonyl (C=O) groups is 1. The summed E-state index contributed by atoms with van der Waals surface area (Å²) >= 11 is 2.79. The van der Waals surface area contributed by atoms with Crippen molar-refractivity contribution in [3.63, 3.8) is 0 Å². The van der Waals surface area contributed by atoms with E-state index in [-0.39, 0.29) is 11.2 Å². The third-order valence-electron chi connectivity index (χ3n) is 5.10. The normalized spacial score (nSPS) is 16.8. The Labute approximate surface area is 174 Å². The molecule has 1 amide bonds. The molecule has 1 aromatic carbocycles. The number of rotatable bonds is 6. The summed E-state index contributed by atoms with van der Waals surface area (Å²) in [7, 11) is 0. The number of nitrogens with one attached hydrogen (secondary N) is 2. The number of hydrogen-bond donors (Lipinski definition) is 2. The number of nitriles is 1. The van der Waals surface area contributed by atoms with Gasteiger partial charge in [0.25, 0.3) is 0 Å². The SMILES string of the molecule is Cc1ccc(Nc2nnc(SC(C)C(=O)NC3(C#N)CCCCC3)s2)cc1C. The van der Waals surface area contributed by atoms with E-state index in [4.69, 9.17) is 0 Å². The van der Waals surface area contributed by atoms with Gasteiger partial charge in [-0.15, -0.1) is 10.2 Å². The quantitative estimate of drug-likeness (QED) is 0.663. The Kier molecular flexibility index (Phi) is 6.57. The van der Waals surface area contributed by atoms with Crippen LogP contribution in [0, 0.1) is 25.2 Å². The third-order valence-corrected chi connectivity index (χ3v) is 7.12.